The van der Waals surface area contributed by atoms with E-state index in [0.29, 0.717) is 12.2 Å². The van der Waals surface area contributed by atoms with Gasteiger partial charge in [-0.15, -0.1) is 0 Å². The zero-order valence-electron chi connectivity index (χ0n) is 12.3. The molecule has 0 radical (unpaired) electrons. The number of fused-ring (bicyclic) bond motifs is 1. The van der Waals surface area contributed by atoms with Gasteiger partial charge in [-0.05, 0) is 64.7 Å². The predicted octanol–water partition coefficient (Wildman–Crippen LogP) is 5.37. The van der Waals surface area contributed by atoms with Gasteiger partial charge in [0.15, 0.2) is 0 Å². The first-order valence-corrected chi connectivity index (χ1v) is 8.49. The lowest BCUT2D eigenvalue weighted by atomic mass is 10.1. The van der Waals surface area contributed by atoms with Gasteiger partial charge < -0.3 is 9.72 Å². The molecule has 0 aliphatic heterocycles. The molecular weight excluding hydrogens is 378 g/mol. The highest BCUT2D eigenvalue weighted by Gasteiger charge is 2.10. The molecule has 2 aromatic carbocycles. The lowest BCUT2D eigenvalue weighted by molar-refractivity contribution is 0.0499. The summed E-state index contributed by atoms with van der Waals surface area (Å²) in [4.78, 5) is 15.2. The number of hydrogen-bond donors (Lipinski definition) is 1. The van der Waals surface area contributed by atoms with E-state index in [4.69, 9.17) is 16.3 Å². The molecule has 0 aliphatic rings. The van der Waals surface area contributed by atoms with E-state index in [1.165, 1.54) is 5.56 Å². The van der Waals surface area contributed by atoms with Crippen molar-refractivity contribution in [1.29, 1.82) is 0 Å². The number of H-pyrrole nitrogens is 1. The molecule has 0 fully saturated rings. The van der Waals surface area contributed by atoms with Gasteiger partial charge in [-0.3, -0.25) is 0 Å². The minimum atomic E-state index is -0.306. The molecule has 0 amide bonds. The normalized spacial score (nSPS) is 10.9. The zero-order valence-corrected chi connectivity index (χ0v) is 14.7. The number of carbonyl (C=O) groups is 1. The maximum Gasteiger partial charge on any atom is 0.339 e. The Morgan fingerprint density at radius 2 is 2.04 bits per heavy atom. The topological polar surface area (TPSA) is 42.1 Å². The van der Waals surface area contributed by atoms with Crippen LogP contribution in [0.4, 0.5) is 0 Å². The average molecular weight is 393 g/mol. The number of hydrogen-bond acceptors (Lipinski definition) is 2. The number of nitrogens with one attached hydrogen (secondary N) is 1. The summed E-state index contributed by atoms with van der Waals surface area (Å²) >= 11 is 9.40. The maximum absolute atomic E-state index is 12.0. The third kappa shape index (κ3) is 3.77. The van der Waals surface area contributed by atoms with Crippen molar-refractivity contribution in [2.75, 3.05) is 6.61 Å². The van der Waals surface area contributed by atoms with Crippen LogP contribution in [0.1, 0.15) is 22.3 Å². The Morgan fingerprint density at radius 1 is 1.22 bits per heavy atom. The second-order valence-corrected chi connectivity index (χ2v) is 6.51. The number of aromatic nitrogens is 1. The minimum absolute atomic E-state index is 0.306. The van der Waals surface area contributed by atoms with E-state index < -0.39 is 0 Å². The van der Waals surface area contributed by atoms with E-state index in [1.54, 1.807) is 6.07 Å². The maximum atomic E-state index is 12.0. The van der Waals surface area contributed by atoms with E-state index in [9.17, 15) is 4.79 Å². The monoisotopic (exact) mass is 391 g/mol. The van der Waals surface area contributed by atoms with Gasteiger partial charge in [0, 0.05) is 26.6 Å². The molecule has 1 N–H and O–H groups in total. The summed E-state index contributed by atoms with van der Waals surface area (Å²) in [5.41, 5.74) is 2.79. The van der Waals surface area contributed by atoms with E-state index >= 15 is 0 Å². The Morgan fingerprint density at radius 3 is 2.87 bits per heavy atom. The third-order valence-corrected chi connectivity index (χ3v) is 4.57. The number of aromatic amines is 1. The van der Waals surface area contributed by atoms with Crippen LogP contribution in [0.25, 0.3) is 10.9 Å². The van der Waals surface area contributed by atoms with Crippen LogP contribution in [0.2, 0.25) is 5.02 Å². The molecule has 5 heteroatoms. The van der Waals surface area contributed by atoms with Gasteiger partial charge in [0.25, 0.3) is 0 Å². The zero-order chi connectivity index (χ0) is 16.2. The second-order valence-electron chi connectivity index (χ2n) is 5.22. The molecular formula is C18H15BrClNO2. The van der Waals surface area contributed by atoms with Crippen molar-refractivity contribution >= 4 is 44.4 Å². The van der Waals surface area contributed by atoms with Gasteiger partial charge in [-0.2, -0.15) is 0 Å². The highest BCUT2D eigenvalue weighted by Crippen LogP contribution is 2.23. The Bertz CT molecular complexity index is 844. The molecule has 118 valence electrons. The lowest BCUT2D eigenvalue weighted by Crippen LogP contribution is -2.07. The van der Waals surface area contributed by atoms with Crippen LogP contribution in [-0.2, 0) is 11.2 Å². The molecule has 0 saturated carbocycles. The van der Waals surface area contributed by atoms with Crippen LogP contribution < -0.4 is 0 Å². The highest BCUT2D eigenvalue weighted by atomic mass is 79.9. The fraction of sp³-hybridized carbons (Fsp3) is 0.167. The van der Waals surface area contributed by atoms with Crippen molar-refractivity contribution in [2.24, 2.45) is 0 Å². The molecule has 3 rings (SSSR count). The van der Waals surface area contributed by atoms with Crippen LogP contribution in [0.5, 0.6) is 0 Å². The molecule has 1 heterocycles. The molecule has 1 aromatic heterocycles. The molecule has 0 bridgehead atoms. The van der Waals surface area contributed by atoms with Gasteiger partial charge in [-0.25, -0.2) is 4.79 Å². The van der Waals surface area contributed by atoms with Gasteiger partial charge in [0.1, 0.15) is 0 Å². The molecule has 0 atom stereocenters. The first-order chi connectivity index (χ1) is 11.1. The fourth-order valence-corrected chi connectivity index (χ4v) is 3.11. The number of benzene rings is 2. The molecule has 3 nitrogen and oxygen atoms in total. The number of ether oxygens (including phenoxy) is 1. The van der Waals surface area contributed by atoms with E-state index in [2.05, 4.69) is 20.9 Å². The molecule has 0 unspecified atom stereocenters. The summed E-state index contributed by atoms with van der Waals surface area (Å²) in [6, 6.07) is 13.0. The van der Waals surface area contributed by atoms with Crippen LogP contribution in [-0.4, -0.2) is 17.6 Å². The molecule has 23 heavy (non-hydrogen) atoms. The quantitative estimate of drug-likeness (QED) is 0.468. The Balaban J connectivity index is 1.56. The van der Waals surface area contributed by atoms with Gasteiger partial charge in [0.2, 0.25) is 0 Å². The Labute approximate surface area is 147 Å². The van der Waals surface area contributed by atoms with Crippen molar-refractivity contribution in [1.82, 2.24) is 4.98 Å². The van der Waals surface area contributed by atoms with E-state index in [0.717, 1.165) is 33.2 Å². The van der Waals surface area contributed by atoms with Crippen molar-refractivity contribution < 1.29 is 9.53 Å². The van der Waals surface area contributed by atoms with Crippen molar-refractivity contribution in [3.8, 4) is 0 Å². The largest absolute Gasteiger partial charge is 0.462 e. The summed E-state index contributed by atoms with van der Waals surface area (Å²) in [5, 5.41) is 1.84. The number of rotatable bonds is 5. The molecule has 0 saturated heterocycles. The molecule has 0 aliphatic carbocycles. The minimum Gasteiger partial charge on any atom is -0.462 e. The number of esters is 1. The summed E-state index contributed by atoms with van der Waals surface area (Å²) in [5.74, 6) is -0.306. The molecule has 0 spiro atoms. The van der Waals surface area contributed by atoms with Crippen LogP contribution >= 0.6 is 27.5 Å². The summed E-state index contributed by atoms with van der Waals surface area (Å²) in [7, 11) is 0. The average Bonchev–Trinajstić information content (AvgIpc) is 2.94. The summed E-state index contributed by atoms with van der Waals surface area (Å²) in [6.07, 6.45) is 3.57. The molecule has 3 aromatic rings. The first kappa shape index (κ1) is 16.1. The van der Waals surface area contributed by atoms with E-state index in [1.807, 2.05) is 42.6 Å². The number of carbonyl (C=O) groups excluding carboxylic acids is 1. The Kier molecular flexibility index (Phi) is 5.03. The van der Waals surface area contributed by atoms with Crippen molar-refractivity contribution in [2.45, 2.75) is 12.8 Å². The smallest absolute Gasteiger partial charge is 0.339 e. The standard InChI is InChI=1S/C18H15BrClNO2/c19-16-6-2-1-5-14(16)18(22)23-9-3-4-12-11-21-17-8-7-13(20)10-15(12)17/h1-2,5-8,10-11,21H,3-4,9H2. The van der Waals surface area contributed by atoms with Crippen molar-refractivity contribution in [3.63, 3.8) is 0 Å². The fourth-order valence-electron chi connectivity index (χ4n) is 2.49. The first-order valence-electron chi connectivity index (χ1n) is 7.32. The van der Waals surface area contributed by atoms with Crippen LogP contribution in [0.3, 0.4) is 0 Å². The number of halogens is 2. The van der Waals surface area contributed by atoms with Crippen molar-refractivity contribution in [3.05, 3.63) is 69.3 Å². The van der Waals surface area contributed by atoms with Gasteiger partial charge >= 0.3 is 5.97 Å². The SMILES string of the molecule is O=C(OCCCc1c[nH]c2ccc(Cl)cc12)c1ccccc1Br. The predicted molar refractivity (Wildman–Crippen MR) is 96.1 cm³/mol. The summed E-state index contributed by atoms with van der Waals surface area (Å²) < 4.78 is 6.08. The third-order valence-electron chi connectivity index (χ3n) is 3.65. The summed E-state index contributed by atoms with van der Waals surface area (Å²) in [6.45, 7) is 0.382. The van der Waals surface area contributed by atoms with E-state index in [-0.39, 0.29) is 5.97 Å². The van der Waals surface area contributed by atoms with Gasteiger partial charge in [-0.1, -0.05) is 23.7 Å². The number of aryl methyl sites for hydroxylation is 1. The Hall–Kier alpha value is -1.78. The van der Waals surface area contributed by atoms with Crippen LogP contribution in [0, 0.1) is 0 Å². The van der Waals surface area contributed by atoms with Crippen LogP contribution in [0.15, 0.2) is 53.1 Å². The second kappa shape index (κ2) is 7.20. The van der Waals surface area contributed by atoms with Gasteiger partial charge in [0.05, 0.1) is 12.2 Å². The lowest BCUT2D eigenvalue weighted by Gasteiger charge is -2.06. The highest BCUT2D eigenvalue weighted by molar-refractivity contribution is 9.10.